The maximum atomic E-state index is 10.5. The first-order valence-electron chi connectivity index (χ1n) is 9.82. The van der Waals surface area contributed by atoms with Crippen molar-refractivity contribution in [3.63, 3.8) is 0 Å². The van der Waals surface area contributed by atoms with Gasteiger partial charge in [0.25, 0.3) is 11.8 Å². The summed E-state index contributed by atoms with van der Waals surface area (Å²) < 4.78 is 0. The maximum Gasteiger partial charge on any atom is 0.303 e. The predicted octanol–water partition coefficient (Wildman–Crippen LogP) is 0.872. The number of nitrogens with two attached hydrogens (primary N) is 2. The van der Waals surface area contributed by atoms with Gasteiger partial charge in [-0.1, -0.05) is 12.1 Å². The number of carboxylic acids is 2. The quantitative estimate of drug-likeness (QED) is 0.366. The molecule has 0 fully saturated rings. The molecule has 6 N–H and O–H groups in total. The second-order valence-electron chi connectivity index (χ2n) is 6.53. The number of aryl methyl sites for hydroxylation is 2. The minimum atomic E-state index is -0.770. The second kappa shape index (κ2) is 15.1. The number of primary amides is 2. The zero-order valence-corrected chi connectivity index (χ0v) is 18.1. The van der Waals surface area contributed by atoms with E-state index >= 15 is 0 Å². The number of carbonyl (C=O) groups is 4. The van der Waals surface area contributed by atoms with Crippen LogP contribution in [0.15, 0.2) is 61.4 Å². The molecule has 12 nitrogen and oxygen atoms in total. The molecular formula is C22H24N6O6. The molecule has 3 aromatic rings. The fraction of sp³-hybridized carbons (Fsp3) is 0.182. The molecule has 34 heavy (non-hydrogen) atoms. The topological polar surface area (TPSA) is 212 Å². The summed E-state index contributed by atoms with van der Waals surface area (Å²) in [5, 5.41) is 16.7. The summed E-state index contributed by atoms with van der Waals surface area (Å²) in [6.45, 7) is 0. The summed E-state index contributed by atoms with van der Waals surface area (Å²) in [7, 11) is 0. The Labute approximate surface area is 194 Å². The second-order valence-corrected chi connectivity index (χ2v) is 6.53. The third-order valence-electron chi connectivity index (χ3n) is 3.86. The Bertz CT molecular complexity index is 976. The molecule has 0 saturated carbocycles. The molecule has 0 aliphatic heterocycles. The van der Waals surface area contributed by atoms with E-state index in [4.69, 9.17) is 21.7 Å². The molecule has 0 bridgehead atoms. The molecule has 0 atom stereocenters. The molecule has 3 heterocycles. The molecule has 0 saturated heterocycles. The predicted molar refractivity (Wildman–Crippen MR) is 119 cm³/mol. The number of aliphatic carboxylic acids is 2. The first-order valence-corrected chi connectivity index (χ1v) is 9.82. The molecule has 178 valence electrons. The molecule has 12 heteroatoms. The first kappa shape index (κ1) is 27.3. The first-order chi connectivity index (χ1) is 16.2. The molecule has 0 radical (unpaired) electrons. The largest absolute Gasteiger partial charge is 0.481 e. The van der Waals surface area contributed by atoms with E-state index in [0.717, 1.165) is 23.5 Å². The zero-order chi connectivity index (χ0) is 25.3. The maximum absolute atomic E-state index is 10.5. The SMILES string of the molecule is NC(=O)c1cnc(C(N)=O)cn1.O=C(O)CCc1cccnc1.O=C(O)CCc1cccnc1. The number of aromatic nitrogens is 4. The molecule has 0 aliphatic rings. The van der Waals surface area contributed by atoms with Crippen molar-refractivity contribution in [2.45, 2.75) is 25.7 Å². The van der Waals surface area contributed by atoms with Crippen LogP contribution in [0.1, 0.15) is 44.9 Å². The van der Waals surface area contributed by atoms with Crippen molar-refractivity contribution in [3.8, 4) is 0 Å². The average molecular weight is 468 g/mol. The number of carboxylic acid groups (broad SMARTS) is 2. The monoisotopic (exact) mass is 468 g/mol. The molecule has 0 aliphatic carbocycles. The van der Waals surface area contributed by atoms with E-state index in [-0.39, 0.29) is 24.2 Å². The fourth-order valence-corrected chi connectivity index (χ4v) is 2.18. The summed E-state index contributed by atoms with van der Waals surface area (Å²) in [5.41, 5.74) is 11.7. The van der Waals surface area contributed by atoms with Gasteiger partial charge in [-0.05, 0) is 36.1 Å². The Morgan fingerprint density at radius 2 is 1.06 bits per heavy atom. The van der Waals surface area contributed by atoms with E-state index in [0.29, 0.717) is 12.8 Å². The van der Waals surface area contributed by atoms with Crippen LogP contribution in [0.5, 0.6) is 0 Å². The molecule has 0 spiro atoms. The fourth-order valence-electron chi connectivity index (χ4n) is 2.18. The lowest BCUT2D eigenvalue weighted by Gasteiger charge is -1.94. The number of nitrogens with zero attached hydrogens (tertiary/aromatic N) is 4. The number of pyridine rings is 2. The lowest BCUT2D eigenvalue weighted by atomic mass is 10.2. The van der Waals surface area contributed by atoms with Crippen LogP contribution in [0.25, 0.3) is 0 Å². The molecule has 3 rings (SSSR count). The van der Waals surface area contributed by atoms with Crippen LogP contribution < -0.4 is 11.5 Å². The van der Waals surface area contributed by atoms with E-state index in [2.05, 4.69) is 19.9 Å². The van der Waals surface area contributed by atoms with Crippen molar-refractivity contribution >= 4 is 23.8 Å². The van der Waals surface area contributed by atoms with Crippen molar-refractivity contribution < 1.29 is 29.4 Å². The van der Waals surface area contributed by atoms with E-state index in [9.17, 15) is 19.2 Å². The summed E-state index contributed by atoms with van der Waals surface area (Å²) in [5.74, 6) is -2.93. The molecular weight excluding hydrogens is 444 g/mol. The Hall–Kier alpha value is -4.74. The molecule has 0 aromatic carbocycles. The van der Waals surface area contributed by atoms with E-state index in [1.54, 1.807) is 36.9 Å². The van der Waals surface area contributed by atoms with Gasteiger partial charge in [-0.3, -0.25) is 29.1 Å². The molecule has 3 aromatic heterocycles. The van der Waals surface area contributed by atoms with Crippen LogP contribution in [-0.4, -0.2) is 53.9 Å². The van der Waals surface area contributed by atoms with Gasteiger partial charge in [-0.2, -0.15) is 0 Å². The van der Waals surface area contributed by atoms with Crippen molar-refractivity contribution in [1.82, 2.24) is 19.9 Å². The Morgan fingerprint density at radius 3 is 1.29 bits per heavy atom. The smallest absolute Gasteiger partial charge is 0.303 e. The average Bonchev–Trinajstić information content (AvgIpc) is 2.83. The van der Waals surface area contributed by atoms with Gasteiger partial charge in [0.1, 0.15) is 11.4 Å². The van der Waals surface area contributed by atoms with Gasteiger partial charge in [0, 0.05) is 37.6 Å². The van der Waals surface area contributed by atoms with E-state index in [1.165, 1.54) is 0 Å². The van der Waals surface area contributed by atoms with Crippen LogP contribution >= 0.6 is 0 Å². The van der Waals surface area contributed by atoms with Crippen molar-refractivity contribution in [1.29, 1.82) is 0 Å². The van der Waals surface area contributed by atoms with Crippen LogP contribution in [0.4, 0.5) is 0 Å². The van der Waals surface area contributed by atoms with Crippen LogP contribution in [0.2, 0.25) is 0 Å². The number of carbonyl (C=O) groups excluding carboxylic acids is 2. The van der Waals surface area contributed by atoms with Gasteiger partial charge in [0.2, 0.25) is 0 Å². The summed E-state index contributed by atoms with van der Waals surface area (Å²) in [4.78, 5) is 56.1. The third kappa shape index (κ3) is 12.2. The highest BCUT2D eigenvalue weighted by Gasteiger charge is 2.05. The Balaban J connectivity index is 0.000000255. The van der Waals surface area contributed by atoms with Gasteiger partial charge in [0.15, 0.2) is 0 Å². The minimum absolute atomic E-state index is 0.000000000000000222. The van der Waals surface area contributed by atoms with Gasteiger partial charge < -0.3 is 21.7 Å². The van der Waals surface area contributed by atoms with Crippen LogP contribution in [0.3, 0.4) is 0 Å². The number of amides is 2. The Kier molecular flexibility index (Phi) is 12.1. The van der Waals surface area contributed by atoms with Gasteiger partial charge in [-0.25, -0.2) is 9.97 Å². The Morgan fingerprint density at radius 1 is 0.676 bits per heavy atom. The normalized spacial score (nSPS) is 9.41. The zero-order valence-electron chi connectivity index (χ0n) is 18.1. The summed E-state index contributed by atoms with van der Waals surface area (Å²) >= 11 is 0. The highest BCUT2D eigenvalue weighted by molar-refractivity contribution is 5.92. The van der Waals surface area contributed by atoms with Crippen LogP contribution in [0, 0.1) is 0 Å². The lowest BCUT2D eigenvalue weighted by Crippen LogP contribution is -2.17. The van der Waals surface area contributed by atoms with Crippen molar-refractivity contribution in [2.75, 3.05) is 0 Å². The van der Waals surface area contributed by atoms with E-state index in [1.807, 2.05) is 12.1 Å². The molecule has 2 amide bonds. The highest BCUT2D eigenvalue weighted by atomic mass is 16.4. The van der Waals surface area contributed by atoms with Gasteiger partial charge in [0.05, 0.1) is 12.4 Å². The van der Waals surface area contributed by atoms with E-state index < -0.39 is 23.8 Å². The summed E-state index contributed by atoms with van der Waals surface area (Å²) in [6, 6.07) is 7.35. The van der Waals surface area contributed by atoms with Gasteiger partial charge >= 0.3 is 11.9 Å². The third-order valence-corrected chi connectivity index (χ3v) is 3.86. The number of rotatable bonds is 8. The lowest BCUT2D eigenvalue weighted by molar-refractivity contribution is -0.138. The minimum Gasteiger partial charge on any atom is -0.481 e. The van der Waals surface area contributed by atoms with Crippen molar-refractivity contribution in [3.05, 3.63) is 84.0 Å². The number of hydrogen-bond acceptors (Lipinski definition) is 8. The van der Waals surface area contributed by atoms with Gasteiger partial charge in [-0.15, -0.1) is 0 Å². The highest BCUT2D eigenvalue weighted by Crippen LogP contribution is 2.00. The number of hydrogen-bond donors (Lipinski definition) is 4. The molecule has 0 unspecified atom stereocenters. The van der Waals surface area contributed by atoms with Crippen molar-refractivity contribution in [2.24, 2.45) is 11.5 Å². The van der Waals surface area contributed by atoms with Crippen LogP contribution in [-0.2, 0) is 22.4 Å². The summed E-state index contributed by atoms with van der Waals surface area (Å²) in [6.07, 6.45) is 10.4. The standard InChI is InChI=1S/2C8H9NO2.C6H6N4O2/c2*10-8(11)4-3-7-2-1-5-9-6-7;7-5(11)3-1-9-4(2-10-3)6(8)12/h2*1-2,5-6H,3-4H2,(H,10,11);1-2H,(H2,7,11)(H2,8,12).